The average molecular weight is 395 g/mol. The molecule has 0 atom stereocenters. The van der Waals surface area contributed by atoms with Gasteiger partial charge >= 0.3 is 0 Å². The van der Waals surface area contributed by atoms with Crippen molar-refractivity contribution < 1.29 is 4.79 Å². The summed E-state index contributed by atoms with van der Waals surface area (Å²) in [5.74, 6) is 2.39. The molecule has 4 heterocycles. The van der Waals surface area contributed by atoms with E-state index in [2.05, 4.69) is 41.7 Å². The van der Waals surface area contributed by atoms with Gasteiger partial charge in [-0.3, -0.25) is 14.8 Å². The van der Waals surface area contributed by atoms with Crippen LogP contribution in [-0.4, -0.2) is 63.4 Å². The van der Waals surface area contributed by atoms with Gasteiger partial charge in [-0.15, -0.1) is 10.2 Å². The number of hydrogen-bond acceptors (Lipinski definition) is 7. The fourth-order valence-electron chi connectivity index (χ4n) is 3.81. The van der Waals surface area contributed by atoms with Crippen LogP contribution in [0.3, 0.4) is 0 Å². The summed E-state index contributed by atoms with van der Waals surface area (Å²) in [7, 11) is 0. The SMILES string of the molecule is CCn1c(Cn2cncn2)nnc1C1CCN(C(=O)CCc2cnccn2)CC1. The molecule has 10 heteroatoms. The molecule has 1 saturated heterocycles. The van der Waals surface area contributed by atoms with Gasteiger partial charge in [0.15, 0.2) is 5.82 Å². The lowest BCUT2D eigenvalue weighted by Gasteiger charge is -2.31. The van der Waals surface area contributed by atoms with Crippen molar-refractivity contribution in [3.8, 4) is 0 Å². The molecule has 3 aromatic rings. The van der Waals surface area contributed by atoms with E-state index in [1.54, 1.807) is 29.6 Å². The number of aryl methyl sites for hydroxylation is 1. The van der Waals surface area contributed by atoms with Crippen molar-refractivity contribution in [1.82, 2.24) is 44.4 Å². The Bertz CT molecular complexity index is 915. The molecule has 1 fully saturated rings. The van der Waals surface area contributed by atoms with Crippen LogP contribution in [0.4, 0.5) is 0 Å². The summed E-state index contributed by atoms with van der Waals surface area (Å²) in [5, 5.41) is 13.0. The summed E-state index contributed by atoms with van der Waals surface area (Å²) in [5.41, 5.74) is 0.853. The van der Waals surface area contributed by atoms with Gasteiger partial charge in [0, 0.05) is 50.6 Å². The maximum atomic E-state index is 12.5. The smallest absolute Gasteiger partial charge is 0.222 e. The summed E-state index contributed by atoms with van der Waals surface area (Å²) >= 11 is 0. The first kappa shape index (κ1) is 19.2. The predicted octanol–water partition coefficient (Wildman–Crippen LogP) is 1.07. The highest BCUT2D eigenvalue weighted by Gasteiger charge is 2.27. The van der Waals surface area contributed by atoms with Crippen LogP contribution in [0.25, 0.3) is 0 Å². The first-order valence-corrected chi connectivity index (χ1v) is 10.0. The molecule has 10 nitrogen and oxygen atoms in total. The third-order valence-electron chi connectivity index (χ3n) is 5.37. The van der Waals surface area contributed by atoms with Crippen molar-refractivity contribution in [2.24, 2.45) is 0 Å². The van der Waals surface area contributed by atoms with E-state index >= 15 is 0 Å². The number of likely N-dealkylation sites (tertiary alicyclic amines) is 1. The molecule has 3 aromatic heterocycles. The van der Waals surface area contributed by atoms with Gasteiger partial charge in [0.2, 0.25) is 5.91 Å². The average Bonchev–Trinajstić information content (AvgIpc) is 3.43. The van der Waals surface area contributed by atoms with Crippen LogP contribution in [0.5, 0.6) is 0 Å². The Morgan fingerprint density at radius 2 is 2.03 bits per heavy atom. The van der Waals surface area contributed by atoms with E-state index in [4.69, 9.17) is 0 Å². The van der Waals surface area contributed by atoms with E-state index in [-0.39, 0.29) is 5.91 Å². The molecule has 0 N–H and O–H groups in total. The van der Waals surface area contributed by atoms with Crippen LogP contribution < -0.4 is 0 Å². The number of nitrogens with zero attached hydrogens (tertiary/aromatic N) is 9. The van der Waals surface area contributed by atoms with E-state index < -0.39 is 0 Å². The van der Waals surface area contributed by atoms with Crippen molar-refractivity contribution in [2.45, 2.75) is 51.6 Å². The molecule has 1 aliphatic rings. The van der Waals surface area contributed by atoms with E-state index in [9.17, 15) is 4.79 Å². The van der Waals surface area contributed by atoms with Crippen molar-refractivity contribution in [1.29, 1.82) is 0 Å². The molecule has 0 aromatic carbocycles. The number of piperidine rings is 1. The number of amides is 1. The van der Waals surface area contributed by atoms with E-state index in [1.165, 1.54) is 6.33 Å². The minimum Gasteiger partial charge on any atom is -0.343 e. The molecule has 4 rings (SSSR count). The normalized spacial score (nSPS) is 15.0. The summed E-state index contributed by atoms with van der Waals surface area (Å²) in [6.45, 7) is 4.96. The van der Waals surface area contributed by atoms with Crippen molar-refractivity contribution in [2.75, 3.05) is 13.1 Å². The second-order valence-electron chi connectivity index (χ2n) is 7.16. The van der Waals surface area contributed by atoms with Crippen molar-refractivity contribution in [3.63, 3.8) is 0 Å². The molecule has 0 radical (unpaired) electrons. The Morgan fingerprint density at radius 3 is 2.72 bits per heavy atom. The Kier molecular flexibility index (Phi) is 5.87. The topological polar surface area (TPSA) is 108 Å². The van der Waals surface area contributed by atoms with E-state index in [1.807, 2.05) is 4.90 Å². The molecule has 1 aliphatic heterocycles. The number of carbonyl (C=O) groups is 1. The Balaban J connectivity index is 1.33. The maximum Gasteiger partial charge on any atom is 0.222 e. The van der Waals surface area contributed by atoms with Gasteiger partial charge < -0.3 is 9.47 Å². The van der Waals surface area contributed by atoms with Crippen LogP contribution >= 0.6 is 0 Å². The van der Waals surface area contributed by atoms with Gasteiger partial charge in [0.1, 0.15) is 25.0 Å². The van der Waals surface area contributed by atoms with Crippen LogP contribution in [-0.2, 0) is 24.3 Å². The molecule has 1 amide bonds. The summed E-state index contributed by atoms with van der Waals surface area (Å²) in [6, 6.07) is 0. The zero-order valence-electron chi connectivity index (χ0n) is 16.6. The lowest BCUT2D eigenvalue weighted by Crippen LogP contribution is -2.38. The second kappa shape index (κ2) is 8.89. The van der Waals surface area contributed by atoms with Gasteiger partial charge in [0.05, 0.1) is 5.69 Å². The maximum absolute atomic E-state index is 12.5. The fourth-order valence-corrected chi connectivity index (χ4v) is 3.81. The minimum absolute atomic E-state index is 0.179. The van der Waals surface area contributed by atoms with Crippen LogP contribution in [0.15, 0.2) is 31.2 Å². The molecule has 0 aliphatic carbocycles. The van der Waals surface area contributed by atoms with Gasteiger partial charge in [-0.2, -0.15) is 5.10 Å². The molecule has 29 heavy (non-hydrogen) atoms. The zero-order chi connectivity index (χ0) is 20.1. The van der Waals surface area contributed by atoms with Gasteiger partial charge in [-0.05, 0) is 26.2 Å². The molecular weight excluding hydrogens is 370 g/mol. The quantitative estimate of drug-likeness (QED) is 0.589. The van der Waals surface area contributed by atoms with E-state index in [0.29, 0.717) is 25.3 Å². The van der Waals surface area contributed by atoms with Gasteiger partial charge in [-0.1, -0.05) is 0 Å². The first-order chi connectivity index (χ1) is 14.2. The summed E-state index contributed by atoms with van der Waals surface area (Å²) < 4.78 is 3.91. The Hall–Kier alpha value is -3.17. The van der Waals surface area contributed by atoms with Crippen LogP contribution in [0.2, 0.25) is 0 Å². The predicted molar refractivity (Wildman–Crippen MR) is 104 cm³/mol. The third kappa shape index (κ3) is 4.47. The van der Waals surface area contributed by atoms with Crippen molar-refractivity contribution >= 4 is 5.91 Å². The fraction of sp³-hybridized carbons (Fsp3) is 0.526. The molecule has 0 bridgehead atoms. The Labute approximate surface area is 169 Å². The first-order valence-electron chi connectivity index (χ1n) is 10.0. The highest BCUT2D eigenvalue weighted by Crippen LogP contribution is 2.28. The lowest BCUT2D eigenvalue weighted by molar-refractivity contribution is -0.132. The zero-order valence-corrected chi connectivity index (χ0v) is 16.6. The molecule has 0 spiro atoms. The summed E-state index contributed by atoms with van der Waals surface area (Å²) in [4.78, 5) is 26.8. The number of carbonyl (C=O) groups excluding carboxylic acids is 1. The van der Waals surface area contributed by atoms with Gasteiger partial charge in [0.25, 0.3) is 0 Å². The number of aromatic nitrogens is 8. The monoisotopic (exact) mass is 395 g/mol. The second-order valence-corrected chi connectivity index (χ2v) is 7.16. The molecule has 152 valence electrons. The lowest BCUT2D eigenvalue weighted by atomic mass is 9.95. The summed E-state index contributed by atoms with van der Waals surface area (Å²) in [6.07, 6.45) is 11.1. The molecule has 0 unspecified atom stereocenters. The standard InChI is InChI=1S/C19H25N9O/c1-2-28-17(12-27-14-21-13-23-27)24-25-19(28)15-5-9-26(10-6-15)18(29)4-3-16-11-20-7-8-22-16/h7-8,11,13-15H,2-6,9-10,12H2,1H3. The minimum atomic E-state index is 0.179. The Morgan fingerprint density at radius 1 is 1.17 bits per heavy atom. The highest BCUT2D eigenvalue weighted by molar-refractivity contribution is 5.76. The number of hydrogen-bond donors (Lipinski definition) is 0. The number of rotatable bonds is 7. The van der Waals surface area contributed by atoms with Crippen LogP contribution in [0.1, 0.15) is 49.4 Å². The third-order valence-corrected chi connectivity index (χ3v) is 5.37. The molecule has 0 saturated carbocycles. The van der Waals surface area contributed by atoms with Gasteiger partial charge in [-0.25, -0.2) is 9.67 Å². The van der Waals surface area contributed by atoms with Crippen molar-refractivity contribution in [3.05, 3.63) is 48.6 Å². The van der Waals surface area contributed by atoms with E-state index in [0.717, 1.165) is 49.8 Å². The highest BCUT2D eigenvalue weighted by atomic mass is 16.2. The molecular formula is C19H25N9O. The largest absolute Gasteiger partial charge is 0.343 e. The van der Waals surface area contributed by atoms with Crippen LogP contribution in [0, 0.1) is 0 Å².